The van der Waals surface area contributed by atoms with Crippen molar-refractivity contribution in [3.63, 3.8) is 0 Å². The molecule has 2 heterocycles. The van der Waals surface area contributed by atoms with Gasteiger partial charge in [-0.15, -0.1) is 0 Å². The molecule has 1 aromatic rings. The van der Waals surface area contributed by atoms with Crippen molar-refractivity contribution in [1.82, 2.24) is 15.3 Å². The number of aryl methyl sites for hydroxylation is 2. The van der Waals surface area contributed by atoms with Crippen LogP contribution in [0.4, 0.5) is 5.82 Å². The minimum Gasteiger partial charge on any atom is -0.383 e. The minimum absolute atomic E-state index is 0.554. The van der Waals surface area contributed by atoms with E-state index < -0.39 is 0 Å². The Bertz CT molecular complexity index is 404. The number of rotatable bonds is 6. The zero-order chi connectivity index (χ0) is 13.7. The van der Waals surface area contributed by atoms with Gasteiger partial charge in [0, 0.05) is 32.4 Å². The van der Waals surface area contributed by atoms with Crippen molar-refractivity contribution in [1.29, 1.82) is 0 Å². The highest BCUT2D eigenvalue weighted by molar-refractivity contribution is 5.43. The first-order valence-corrected chi connectivity index (χ1v) is 6.98. The molecule has 0 spiro atoms. The Labute approximate surface area is 115 Å². The first-order valence-electron chi connectivity index (χ1n) is 6.98. The van der Waals surface area contributed by atoms with Gasteiger partial charge in [0.1, 0.15) is 5.82 Å². The van der Waals surface area contributed by atoms with Crippen molar-refractivity contribution in [2.45, 2.75) is 32.7 Å². The third-order valence-electron chi connectivity index (χ3n) is 3.52. The third kappa shape index (κ3) is 3.88. The topological polar surface area (TPSA) is 50.3 Å². The molecule has 1 atom stereocenters. The van der Waals surface area contributed by atoms with E-state index in [0.717, 1.165) is 36.8 Å². The number of hydrogen-bond acceptors (Lipinski definition) is 5. The monoisotopic (exact) mass is 264 g/mol. The predicted molar refractivity (Wildman–Crippen MR) is 76.6 cm³/mol. The number of hydrogen-bond donors (Lipinski definition) is 1. The van der Waals surface area contributed by atoms with Crippen molar-refractivity contribution in [2.24, 2.45) is 0 Å². The average molecular weight is 264 g/mol. The number of nitrogens with zero attached hydrogens (tertiary/aromatic N) is 3. The fraction of sp³-hybridized carbons (Fsp3) is 0.714. The fourth-order valence-corrected chi connectivity index (χ4v) is 2.49. The van der Waals surface area contributed by atoms with Crippen LogP contribution < -0.4 is 10.2 Å². The number of aromatic nitrogens is 2. The highest BCUT2D eigenvalue weighted by Gasteiger charge is 2.20. The summed E-state index contributed by atoms with van der Waals surface area (Å²) in [7, 11) is 1.74. The smallest absolute Gasteiger partial charge is 0.150 e. The molecular formula is C14H24N4O. The molecule has 1 N–H and O–H groups in total. The lowest BCUT2D eigenvalue weighted by Gasteiger charge is -2.27. The van der Waals surface area contributed by atoms with Gasteiger partial charge in [0.2, 0.25) is 0 Å². The first-order chi connectivity index (χ1) is 9.20. The van der Waals surface area contributed by atoms with Crippen LogP contribution in [-0.2, 0) is 4.74 Å². The van der Waals surface area contributed by atoms with Gasteiger partial charge in [0.05, 0.1) is 18.0 Å². The molecule has 1 aliphatic heterocycles. The molecule has 19 heavy (non-hydrogen) atoms. The van der Waals surface area contributed by atoms with Crippen molar-refractivity contribution in [2.75, 3.05) is 38.3 Å². The van der Waals surface area contributed by atoms with Gasteiger partial charge in [-0.2, -0.15) is 0 Å². The third-order valence-corrected chi connectivity index (χ3v) is 3.52. The van der Waals surface area contributed by atoms with Crippen molar-refractivity contribution in [3.05, 3.63) is 17.6 Å². The molecule has 0 aromatic carbocycles. The first kappa shape index (κ1) is 14.2. The molecule has 1 unspecified atom stereocenters. The lowest BCUT2D eigenvalue weighted by atomic mass is 10.2. The van der Waals surface area contributed by atoms with Crippen LogP contribution in [0.1, 0.15) is 24.2 Å². The molecule has 5 heteroatoms. The van der Waals surface area contributed by atoms with Gasteiger partial charge in [-0.1, -0.05) is 0 Å². The highest BCUT2D eigenvalue weighted by atomic mass is 16.5. The maximum atomic E-state index is 5.22. The van der Waals surface area contributed by atoms with Crippen molar-refractivity contribution < 1.29 is 4.74 Å². The molecule has 0 bridgehead atoms. The van der Waals surface area contributed by atoms with Crippen LogP contribution in [0.25, 0.3) is 0 Å². The predicted octanol–water partition coefficient (Wildman–Crippen LogP) is 1.30. The molecule has 0 aliphatic carbocycles. The quantitative estimate of drug-likeness (QED) is 0.839. The summed E-state index contributed by atoms with van der Waals surface area (Å²) < 4.78 is 5.22. The molecule has 5 nitrogen and oxygen atoms in total. The van der Waals surface area contributed by atoms with E-state index in [4.69, 9.17) is 4.74 Å². The maximum absolute atomic E-state index is 5.22. The second-order valence-electron chi connectivity index (χ2n) is 5.15. The lowest BCUT2D eigenvalue weighted by molar-refractivity contribution is 0.204. The standard InChI is InChI=1S/C14H24N4O/c1-11-9-16-12(2)14(17-11)18(7-8-19-3)10-13-5-4-6-15-13/h9,13,15H,4-8,10H2,1-3H3. The van der Waals surface area contributed by atoms with Gasteiger partial charge >= 0.3 is 0 Å². The molecular weight excluding hydrogens is 240 g/mol. The van der Waals surface area contributed by atoms with Gasteiger partial charge in [0.15, 0.2) is 0 Å². The lowest BCUT2D eigenvalue weighted by Crippen LogP contribution is -2.40. The molecule has 1 aliphatic rings. The fourth-order valence-electron chi connectivity index (χ4n) is 2.49. The Balaban J connectivity index is 2.12. The SMILES string of the molecule is COCCN(CC1CCCN1)c1nc(C)cnc1C. The molecule has 2 rings (SSSR count). The summed E-state index contributed by atoms with van der Waals surface area (Å²) in [4.78, 5) is 11.4. The summed E-state index contributed by atoms with van der Waals surface area (Å²) in [5, 5.41) is 3.54. The molecule has 1 aromatic heterocycles. The Hall–Kier alpha value is -1.20. The van der Waals surface area contributed by atoms with Gasteiger partial charge in [-0.25, -0.2) is 4.98 Å². The van der Waals surface area contributed by atoms with E-state index in [1.54, 1.807) is 7.11 Å². The van der Waals surface area contributed by atoms with Gasteiger partial charge < -0.3 is 15.0 Å². The molecule has 106 valence electrons. The van der Waals surface area contributed by atoms with Gasteiger partial charge in [-0.3, -0.25) is 4.98 Å². The van der Waals surface area contributed by atoms with Crippen LogP contribution in [0.15, 0.2) is 6.20 Å². The Morgan fingerprint density at radius 1 is 1.47 bits per heavy atom. The summed E-state index contributed by atoms with van der Waals surface area (Å²) >= 11 is 0. The second-order valence-corrected chi connectivity index (χ2v) is 5.15. The average Bonchev–Trinajstić information content (AvgIpc) is 2.90. The second kappa shape index (κ2) is 6.82. The number of ether oxygens (including phenoxy) is 1. The van der Waals surface area contributed by atoms with Crippen LogP contribution in [0.5, 0.6) is 0 Å². The van der Waals surface area contributed by atoms with Crippen LogP contribution in [0.2, 0.25) is 0 Å². The van der Waals surface area contributed by atoms with E-state index in [1.807, 2.05) is 20.0 Å². The zero-order valence-corrected chi connectivity index (χ0v) is 12.1. The van der Waals surface area contributed by atoms with E-state index in [9.17, 15) is 0 Å². The molecule has 0 radical (unpaired) electrons. The Morgan fingerprint density at radius 2 is 2.32 bits per heavy atom. The maximum Gasteiger partial charge on any atom is 0.150 e. The summed E-state index contributed by atoms with van der Waals surface area (Å²) in [6.07, 6.45) is 4.32. The van der Waals surface area contributed by atoms with E-state index in [1.165, 1.54) is 12.8 Å². The van der Waals surface area contributed by atoms with E-state index in [-0.39, 0.29) is 0 Å². The normalized spacial score (nSPS) is 18.8. The number of methoxy groups -OCH3 is 1. The van der Waals surface area contributed by atoms with Crippen LogP contribution >= 0.6 is 0 Å². The molecule has 1 saturated heterocycles. The van der Waals surface area contributed by atoms with Crippen LogP contribution in [-0.4, -0.2) is 49.4 Å². The minimum atomic E-state index is 0.554. The van der Waals surface area contributed by atoms with E-state index >= 15 is 0 Å². The summed E-state index contributed by atoms with van der Waals surface area (Å²) in [6, 6.07) is 0.554. The van der Waals surface area contributed by atoms with E-state index in [2.05, 4.69) is 20.2 Å². The summed E-state index contributed by atoms with van der Waals surface area (Å²) in [5.41, 5.74) is 1.95. The molecule has 0 amide bonds. The summed E-state index contributed by atoms with van der Waals surface area (Å²) in [5.74, 6) is 0.991. The molecule has 1 fully saturated rings. The van der Waals surface area contributed by atoms with Crippen LogP contribution in [0.3, 0.4) is 0 Å². The zero-order valence-electron chi connectivity index (χ0n) is 12.1. The Morgan fingerprint density at radius 3 is 3.00 bits per heavy atom. The van der Waals surface area contributed by atoms with E-state index in [0.29, 0.717) is 12.6 Å². The Kier molecular flexibility index (Phi) is 5.10. The number of nitrogens with one attached hydrogen (secondary N) is 1. The van der Waals surface area contributed by atoms with Crippen molar-refractivity contribution >= 4 is 5.82 Å². The van der Waals surface area contributed by atoms with Gasteiger partial charge in [-0.05, 0) is 33.2 Å². The summed E-state index contributed by atoms with van der Waals surface area (Å²) in [6.45, 7) is 7.67. The van der Waals surface area contributed by atoms with Gasteiger partial charge in [0.25, 0.3) is 0 Å². The largest absolute Gasteiger partial charge is 0.383 e. The van der Waals surface area contributed by atoms with Crippen LogP contribution in [0, 0.1) is 13.8 Å². The molecule has 0 saturated carbocycles. The highest BCUT2D eigenvalue weighted by Crippen LogP contribution is 2.17. The van der Waals surface area contributed by atoms with Crippen molar-refractivity contribution in [3.8, 4) is 0 Å². The number of anilines is 1.